The molecule has 1 rings (SSSR count). The van der Waals surface area contributed by atoms with Crippen molar-refractivity contribution in [2.45, 2.75) is 51.0 Å². The molecule has 0 saturated heterocycles. The predicted octanol–water partition coefficient (Wildman–Crippen LogP) is 1.26. The van der Waals surface area contributed by atoms with Gasteiger partial charge in [0, 0.05) is 18.6 Å². The fourth-order valence-electron chi connectivity index (χ4n) is 2.70. The number of rotatable bonds is 6. The minimum Gasteiger partial charge on any atom is -0.395 e. The number of β-amino-alcohol motifs (C(OH)–C–C–N with tert-alkyl or cyclic N) is 1. The largest absolute Gasteiger partial charge is 0.395 e. The maximum absolute atomic E-state index is 8.84. The van der Waals surface area contributed by atoms with Gasteiger partial charge in [-0.05, 0) is 31.6 Å². The maximum atomic E-state index is 8.84. The zero-order valence-electron chi connectivity index (χ0n) is 9.97. The lowest BCUT2D eigenvalue weighted by molar-refractivity contribution is 0.173. The van der Waals surface area contributed by atoms with Crippen LogP contribution < -0.4 is 11.1 Å². The van der Waals surface area contributed by atoms with E-state index < -0.39 is 0 Å². The molecule has 0 atom stereocenters. The molecule has 0 aromatic carbocycles. The number of nitrogens with one attached hydrogen (secondary N) is 1. The first-order valence-electron chi connectivity index (χ1n) is 6.32. The van der Waals surface area contributed by atoms with Crippen LogP contribution in [-0.4, -0.2) is 30.3 Å². The summed E-state index contributed by atoms with van der Waals surface area (Å²) in [6, 6.07) is 0. The summed E-state index contributed by atoms with van der Waals surface area (Å²) in [5.41, 5.74) is 5.97. The molecule has 1 fully saturated rings. The van der Waals surface area contributed by atoms with Crippen molar-refractivity contribution >= 4 is 0 Å². The Labute approximate surface area is 93.4 Å². The molecule has 0 aromatic heterocycles. The van der Waals surface area contributed by atoms with E-state index in [9.17, 15) is 0 Å². The van der Waals surface area contributed by atoms with Crippen LogP contribution in [-0.2, 0) is 0 Å². The van der Waals surface area contributed by atoms with Gasteiger partial charge in [0.2, 0.25) is 0 Å². The Morgan fingerprint density at radius 2 is 2.07 bits per heavy atom. The van der Waals surface area contributed by atoms with Crippen LogP contribution in [0.1, 0.15) is 45.4 Å². The van der Waals surface area contributed by atoms with Crippen molar-refractivity contribution in [1.82, 2.24) is 5.32 Å². The van der Waals surface area contributed by atoms with Crippen molar-refractivity contribution in [1.29, 1.82) is 0 Å². The van der Waals surface area contributed by atoms with Crippen molar-refractivity contribution < 1.29 is 5.11 Å². The summed E-state index contributed by atoms with van der Waals surface area (Å²) in [5.74, 6) is 0.908. The number of hydrogen-bond acceptors (Lipinski definition) is 3. The van der Waals surface area contributed by atoms with Crippen LogP contribution >= 0.6 is 0 Å². The second kappa shape index (κ2) is 6.46. The lowest BCUT2D eigenvalue weighted by Crippen LogP contribution is -2.54. The van der Waals surface area contributed by atoms with Gasteiger partial charge < -0.3 is 16.2 Å². The fraction of sp³-hybridized carbons (Fsp3) is 1.00. The molecule has 4 N–H and O–H groups in total. The van der Waals surface area contributed by atoms with Gasteiger partial charge in [0.05, 0.1) is 6.61 Å². The molecule has 0 amide bonds. The molecule has 0 radical (unpaired) electrons. The minimum absolute atomic E-state index is 0.118. The van der Waals surface area contributed by atoms with Gasteiger partial charge in [0.1, 0.15) is 0 Å². The van der Waals surface area contributed by atoms with E-state index in [0.29, 0.717) is 13.1 Å². The molecule has 3 nitrogen and oxygen atoms in total. The molecule has 1 aliphatic rings. The Kier molecular flexibility index (Phi) is 5.58. The van der Waals surface area contributed by atoms with Crippen LogP contribution in [0.25, 0.3) is 0 Å². The second-order valence-electron chi connectivity index (χ2n) is 4.87. The summed E-state index contributed by atoms with van der Waals surface area (Å²) in [6.07, 6.45) is 7.60. The first-order chi connectivity index (χ1) is 7.26. The van der Waals surface area contributed by atoms with Crippen LogP contribution in [0.4, 0.5) is 0 Å². The molecule has 0 bridgehead atoms. The van der Waals surface area contributed by atoms with Crippen LogP contribution in [0.2, 0.25) is 0 Å². The number of nitrogens with two attached hydrogens (primary N) is 1. The molecule has 3 heteroatoms. The van der Waals surface area contributed by atoms with Gasteiger partial charge in [-0.1, -0.05) is 19.8 Å². The predicted molar refractivity (Wildman–Crippen MR) is 63.7 cm³/mol. The Balaban J connectivity index is 2.36. The summed E-state index contributed by atoms with van der Waals surface area (Å²) in [7, 11) is 0. The quantitative estimate of drug-likeness (QED) is 0.624. The Morgan fingerprint density at radius 3 is 2.53 bits per heavy atom. The van der Waals surface area contributed by atoms with Crippen LogP contribution in [0.3, 0.4) is 0 Å². The molecule has 1 aliphatic carbocycles. The van der Waals surface area contributed by atoms with Gasteiger partial charge in [-0.3, -0.25) is 0 Å². The van der Waals surface area contributed by atoms with Gasteiger partial charge in [-0.2, -0.15) is 0 Å². The van der Waals surface area contributed by atoms with Gasteiger partial charge in [0.15, 0.2) is 0 Å². The van der Waals surface area contributed by atoms with E-state index in [1.807, 2.05) is 0 Å². The van der Waals surface area contributed by atoms with Crippen LogP contribution in [0.15, 0.2) is 0 Å². The third-order valence-corrected chi connectivity index (χ3v) is 3.76. The van der Waals surface area contributed by atoms with Gasteiger partial charge >= 0.3 is 0 Å². The number of aliphatic hydroxyl groups excluding tert-OH is 1. The van der Waals surface area contributed by atoms with Crippen LogP contribution in [0.5, 0.6) is 0 Å². The average Bonchev–Trinajstić information content (AvgIpc) is 2.29. The van der Waals surface area contributed by atoms with E-state index in [2.05, 4.69) is 12.2 Å². The normalized spacial score (nSPS) is 31.8. The highest BCUT2D eigenvalue weighted by molar-refractivity contribution is 4.93. The maximum Gasteiger partial charge on any atom is 0.0556 e. The first-order valence-corrected chi connectivity index (χ1v) is 6.32. The van der Waals surface area contributed by atoms with Gasteiger partial charge in [0.25, 0.3) is 0 Å². The standard InChI is InChI=1S/C12H26N2O/c1-2-3-11-4-6-12(10-13,7-5-11)14-8-9-15/h11,14-15H,2-10,13H2,1H3. The molecule has 90 valence electrons. The summed E-state index contributed by atoms with van der Waals surface area (Å²) < 4.78 is 0. The van der Waals surface area contributed by atoms with E-state index >= 15 is 0 Å². The Morgan fingerprint density at radius 1 is 1.40 bits per heavy atom. The molecule has 0 aromatic rings. The molecule has 1 saturated carbocycles. The van der Waals surface area contributed by atoms with Crippen molar-refractivity contribution in [2.24, 2.45) is 11.7 Å². The van der Waals surface area contributed by atoms with Crippen LogP contribution in [0, 0.1) is 5.92 Å². The Hall–Kier alpha value is -0.120. The summed E-state index contributed by atoms with van der Waals surface area (Å²) in [5, 5.41) is 12.3. The van der Waals surface area contributed by atoms with Crippen molar-refractivity contribution in [3.8, 4) is 0 Å². The highest BCUT2D eigenvalue weighted by atomic mass is 16.3. The molecular formula is C12H26N2O. The Bertz CT molecular complexity index is 165. The molecule has 0 aliphatic heterocycles. The molecule has 0 heterocycles. The van der Waals surface area contributed by atoms with Crippen molar-refractivity contribution in [3.05, 3.63) is 0 Å². The fourth-order valence-corrected chi connectivity index (χ4v) is 2.70. The zero-order chi connectivity index (χ0) is 11.1. The van der Waals surface area contributed by atoms with E-state index in [-0.39, 0.29) is 12.1 Å². The third-order valence-electron chi connectivity index (χ3n) is 3.76. The smallest absolute Gasteiger partial charge is 0.0556 e. The molecule has 0 unspecified atom stereocenters. The summed E-state index contributed by atoms with van der Waals surface area (Å²) >= 11 is 0. The zero-order valence-corrected chi connectivity index (χ0v) is 9.97. The second-order valence-corrected chi connectivity index (χ2v) is 4.87. The van der Waals surface area contributed by atoms with Gasteiger partial charge in [-0.25, -0.2) is 0 Å². The highest BCUT2D eigenvalue weighted by Gasteiger charge is 2.32. The summed E-state index contributed by atoms with van der Waals surface area (Å²) in [4.78, 5) is 0. The lowest BCUT2D eigenvalue weighted by atomic mass is 9.75. The molecular weight excluding hydrogens is 188 g/mol. The minimum atomic E-state index is 0.118. The molecule has 0 spiro atoms. The average molecular weight is 214 g/mol. The third kappa shape index (κ3) is 3.74. The molecule has 15 heavy (non-hydrogen) atoms. The SMILES string of the molecule is CCCC1CCC(CN)(NCCO)CC1. The van der Waals surface area contributed by atoms with Gasteiger partial charge in [-0.15, -0.1) is 0 Å². The van der Waals surface area contributed by atoms with E-state index in [0.717, 1.165) is 5.92 Å². The van der Waals surface area contributed by atoms with E-state index in [1.165, 1.54) is 38.5 Å². The number of aliphatic hydroxyl groups is 1. The first kappa shape index (κ1) is 12.9. The van der Waals surface area contributed by atoms with Crippen molar-refractivity contribution in [2.75, 3.05) is 19.7 Å². The topological polar surface area (TPSA) is 58.3 Å². The summed E-state index contributed by atoms with van der Waals surface area (Å²) in [6.45, 7) is 3.84. The highest BCUT2D eigenvalue weighted by Crippen LogP contribution is 2.33. The monoisotopic (exact) mass is 214 g/mol. The van der Waals surface area contributed by atoms with E-state index in [1.54, 1.807) is 0 Å². The number of hydrogen-bond donors (Lipinski definition) is 3. The van der Waals surface area contributed by atoms with Crippen molar-refractivity contribution in [3.63, 3.8) is 0 Å². The van der Waals surface area contributed by atoms with E-state index in [4.69, 9.17) is 10.8 Å². The lowest BCUT2D eigenvalue weighted by Gasteiger charge is -2.40.